The quantitative estimate of drug-likeness (QED) is 0.537. The van der Waals surface area contributed by atoms with Crippen LogP contribution in [-0.2, 0) is 19.7 Å². The molecule has 7 heteroatoms. The molecule has 0 fully saturated rings. The standard InChI is InChI=1S/C21H28FN3O3/c1-5-23-21(24-12-15-6-9-19(22)17(10-15)14-26)25(2)13-16-7-8-18(27-3)11-20(16)28-4/h6-11,26H,5,12-14H2,1-4H3,(H,23,24). The Labute approximate surface area is 165 Å². The van der Waals surface area contributed by atoms with Crippen LogP contribution < -0.4 is 14.8 Å². The van der Waals surface area contributed by atoms with Crippen LogP contribution >= 0.6 is 0 Å². The average molecular weight is 389 g/mol. The number of aliphatic imine (C=N–C) groups is 1. The molecule has 0 aliphatic carbocycles. The highest BCUT2D eigenvalue weighted by Crippen LogP contribution is 2.25. The lowest BCUT2D eigenvalue weighted by molar-refractivity contribution is 0.275. The predicted molar refractivity (Wildman–Crippen MR) is 108 cm³/mol. The van der Waals surface area contributed by atoms with Gasteiger partial charge in [-0.05, 0) is 36.8 Å². The summed E-state index contributed by atoms with van der Waals surface area (Å²) in [5.74, 6) is 1.79. The highest BCUT2D eigenvalue weighted by atomic mass is 19.1. The Morgan fingerprint density at radius 2 is 1.93 bits per heavy atom. The molecule has 152 valence electrons. The summed E-state index contributed by atoms with van der Waals surface area (Å²) < 4.78 is 24.3. The summed E-state index contributed by atoms with van der Waals surface area (Å²) in [5.41, 5.74) is 2.10. The van der Waals surface area contributed by atoms with E-state index in [4.69, 9.17) is 9.47 Å². The fourth-order valence-corrected chi connectivity index (χ4v) is 2.80. The van der Waals surface area contributed by atoms with E-state index in [0.717, 1.165) is 28.6 Å². The first-order valence-electron chi connectivity index (χ1n) is 9.10. The van der Waals surface area contributed by atoms with Crippen molar-refractivity contribution in [3.8, 4) is 11.5 Å². The molecule has 0 saturated carbocycles. The van der Waals surface area contributed by atoms with Gasteiger partial charge in [-0.2, -0.15) is 0 Å². The van der Waals surface area contributed by atoms with Crippen LogP contribution in [0.5, 0.6) is 11.5 Å². The zero-order chi connectivity index (χ0) is 20.5. The lowest BCUT2D eigenvalue weighted by atomic mass is 10.1. The predicted octanol–water partition coefficient (Wildman–Crippen LogP) is 2.93. The highest BCUT2D eigenvalue weighted by Gasteiger charge is 2.11. The Morgan fingerprint density at radius 3 is 2.57 bits per heavy atom. The third-order valence-corrected chi connectivity index (χ3v) is 4.29. The van der Waals surface area contributed by atoms with E-state index in [-0.39, 0.29) is 12.2 Å². The van der Waals surface area contributed by atoms with Crippen LogP contribution in [0.25, 0.3) is 0 Å². The van der Waals surface area contributed by atoms with Gasteiger partial charge in [-0.15, -0.1) is 0 Å². The topological polar surface area (TPSA) is 66.3 Å². The second kappa shape index (κ2) is 10.5. The van der Waals surface area contributed by atoms with Crippen molar-refractivity contribution < 1.29 is 19.0 Å². The van der Waals surface area contributed by atoms with Gasteiger partial charge in [0, 0.05) is 37.3 Å². The molecule has 0 radical (unpaired) electrons. The van der Waals surface area contributed by atoms with Crippen molar-refractivity contribution in [1.82, 2.24) is 10.2 Å². The molecule has 0 bridgehead atoms. The van der Waals surface area contributed by atoms with Crippen molar-refractivity contribution in [2.24, 2.45) is 4.99 Å². The number of methoxy groups -OCH3 is 2. The van der Waals surface area contributed by atoms with Gasteiger partial charge in [-0.25, -0.2) is 9.38 Å². The van der Waals surface area contributed by atoms with Crippen molar-refractivity contribution in [3.05, 3.63) is 58.9 Å². The van der Waals surface area contributed by atoms with E-state index in [1.54, 1.807) is 26.4 Å². The number of benzene rings is 2. The van der Waals surface area contributed by atoms with E-state index in [9.17, 15) is 9.50 Å². The molecular weight excluding hydrogens is 361 g/mol. The maximum absolute atomic E-state index is 13.5. The van der Waals surface area contributed by atoms with Gasteiger partial charge in [0.1, 0.15) is 17.3 Å². The van der Waals surface area contributed by atoms with Crippen molar-refractivity contribution in [1.29, 1.82) is 0 Å². The number of hydrogen-bond acceptors (Lipinski definition) is 4. The SMILES string of the molecule is CCNC(=NCc1ccc(F)c(CO)c1)N(C)Cc1ccc(OC)cc1OC. The van der Waals surface area contributed by atoms with Crippen LogP contribution in [0, 0.1) is 5.82 Å². The maximum atomic E-state index is 13.5. The van der Waals surface area contributed by atoms with E-state index < -0.39 is 5.82 Å². The monoisotopic (exact) mass is 389 g/mol. The number of nitrogens with one attached hydrogen (secondary N) is 1. The Kier molecular flexibility index (Phi) is 8.07. The molecule has 2 aromatic rings. The Bertz CT molecular complexity index is 811. The van der Waals surface area contributed by atoms with Crippen molar-refractivity contribution >= 4 is 5.96 Å². The molecule has 2 N–H and O–H groups in total. The van der Waals surface area contributed by atoms with Gasteiger partial charge in [0.25, 0.3) is 0 Å². The van der Waals surface area contributed by atoms with Crippen LogP contribution in [0.1, 0.15) is 23.6 Å². The first-order chi connectivity index (χ1) is 13.5. The van der Waals surface area contributed by atoms with Crippen molar-refractivity contribution in [2.45, 2.75) is 26.6 Å². The third-order valence-electron chi connectivity index (χ3n) is 4.29. The molecule has 2 rings (SSSR count). The van der Waals surface area contributed by atoms with E-state index in [2.05, 4.69) is 10.3 Å². The number of ether oxygens (including phenoxy) is 2. The zero-order valence-corrected chi connectivity index (χ0v) is 16.8. The molecule has 0 aliphatic rings. The normalized spacial score (nSPS) is 11.3. The van der Waals surface area contributed by atoms with E-state index in [0.29, 0.717) is 19.6 Å². The zero-order valence-electron chi connectivity index (χ0n) is 16.8. The smallest absolute Gasteiger partial charge is 0.194 e. The fourth-order valence-electron chi connectivity index (χ4n) is 2.80. The average Bonchev–Trinajstić information content (AvgIpc) is 2.72. The molecule has 0 atom stereocenters. The second-order valence-electron chi connectivity index (χ2n) is 6.29. The number of guanidine groups is 1. The second-order valence-corrected chi connectivity index (χ2v) is 6.29. The molecule has 0 amide bonds. The largest absolute Gasteiger partial charge is 0.497 e. The lowest BCUT2D eigenvalue weighted by Gasteiger charge is -2.23. The van der Waals surface area contributed by atoms with Crippen molar-refractivity contribution in [2.75, 3.05) is 27.8 Å². The molecule has 0 spiro atoms. The molecule has 0 aromatic heterocycles. The summed E-state index contributed by atoms with van der Waals surface area (Å²) in [5, 5.41) is 12.5. The van der Waals surface area contributed by atoms with Crippen LogP contribution in [0.2, 0.25) is 0 Å². The summed E-state index contributed by atoms with van der Waals surface area (Å²) in [6, 6.07) is 10.4. The molecule has 2 aromatic carbocycles. The summed E-state index contributed by atoms with van der Waals surface area (Å²) in [6.07, 6.45) is 0. The molecular formula is C21H28FN3O3. The lowest BCUT2D eigenvalue weighted by Crippen LogP contribution is -2.38. The van der Waals surface area contributed by atoms with Crippen LogP contribution in [0.3, 0.4) is 0 Å². The molecule has 0 heterocycles. The van der Waals surface area contributed by atoms with Gasteiger partial charge in [-0.3, -0.25) is 0 Å². The summed E-state index contributed by atoms with van der Waals surface area (Å²) in [4.78, 5) is 6.63. The van der Waals surface area contributed by atoms with Gasteiger partial charge in [0.05, 0.1) is 27.4 Å². The molecule has 0 saturated heterocycles. The minimum Gasteiger partial charge on any atom is -0.497 e. The molecule has 0 unspecified atom stereocenters. The number of aliphatic hydroxyl groups is 1. The van der Waals surface area contributed by atoms with Crippen LogP contribution in [0.15, 0.2) is 41.4 Å². The van der Waals surface area contributed by atoms with Gasteiger partial charge >= 0.3 is 0 Å². The van der Waals surface area contributed by atoms with Crippen molar-refractivity contribution in [3.63, 3.8) is 0 Å². The van der Waals surface area contributed by atoms with E-state index >= 15 is 0 Å². The number of rotatable bonds is 8. The fraction of sp³-hybridized carbons (Fsp3) is 0.381. The van der Waals surface area contributed by atoms with E-state index in [1.807, 2.05) is 37.1 Å². The highest BCUT2D eigenvalue weighted by molar-refractivity contribution is 5.79. The minimum atomic E-state index is -0.411. The van der Waals surface area contributed by atoms with Gasteiger partial charge in [-0.1, -0.05) is 6.07 Å². The number of halogens is 1. The first-order valence-corrected chi connectivity index (χ1v) is 9.10. The number of nitrogens with zero attached hydrogens (tertiary/aromatic N) is 2. The van der Waals surface area contributed by atoms with Crippen LogP contribution in [0.4, 0.5) is 4.39 Å². The Balaban J connectivity index is 2.17. The molecule has 28 heavy (non-hydrogen) atoms. The minimum absolute atomic E-state index is 0.272. The van der Waals surface area contributed by atoms with Gasteiger partial charge in [0.15, 0.2) is 5.96 Å². The summed E-state index contributed by atoms with van der Waals surface area (Å²) in [7, 11) is 5.19. The Morgan fingerprint density at radius 1 is 1.14 bits per heavy atom. The summed E-state index contributed by atoms with van der Waals surface area (Å²) in [6.45, 7) is 3.35. The number of hydrogen-bond donors (Lipinski definition) is 2. The number of aliphatic hydroxyl groups excluding tert-OH is 1. The van der Waals surface area contributed by atoms with Gasteiger partial charge < -0.3 is 24.8 Å². The Hall–Kier alpha value is -2.80. The molecule has 0 aliphatic heterocycles. The van der Waals surface area contributed by atoms with Crippen LogP contribution in [-0.4, -0.2) is 43.8 Å². The maximum Gasteiger partial charge on any atom is 0.194 e. The van der Waals surface area contributed by atoms with E-state index in [1.165, 1.54) is 6.07 Å². The summed E-state index contributed by atoms with van der Waals surface area (Å²) >= 11 is 0. The first kappa shape index (κ1) is 21.5. The third kappa shape index (κ3) is 5.60. The molecule has 6 nitrogen and oxygen atoms in total. The van der Waals surface area contributed by atoms with Gasteiger partial charge in [0.2, 0.25) is 0 Å².